The van der Waals surface area contributed by atoms with E-state index >= 15 is 0 Å². The Morgan fingerprint density at radius 3 is 1.50 bits per heavy atom. The fourth-order valence-corrected chi connectivity index (χ4v) is 1.70. The van der Waals surface area contributed by atoms with Gasteiger partial charge in [0.25, 0.3) is 0 Å². The van der Waals surface area contributed by atoms with E-state index in [0.29, 0.717) is 0 Å². The number of rotatable bonds is 2. The zero-order valence-corrected chi connectivity index (χ0v) is 8.25. The van der Waals surface area contributed by atoms with Crippen LogP contribution in [0.15, 0.2) is 0 Å². The number of hydrogen-bond acceptors (Lipinski definition) is 2. The number of hydrogen-bond donors (Lipinski definition) is 2. The molecule has 0 bridgehead atoms. The van der Waals surface area contributed by atoms with Gasteiger partial charge in [0.2, 0.25) is 0 Å². The van der Waals surface area contributed by atoms with Crippen LogP contribution in [0.5, 0.6) is 0 Å². The van der Waals surface area contributed by atoms with Crippen LogP contribution in [-0.4, -0.2) is 37.5 Å². The van der Waals surface area contributed by atoms with E-state index in [0.717, 1.165) is 0 Å². The lowest BCUT2D eigenvalue weighted by Crippen LogP contribution is -2.57. The Hall–Kier alpha value is -0.500. The van der Waals surface area contributed by atoms with Crippen molar-refractivity contribution in [3.63, 3.8) is 0 Å². The van der Waals surface area contributed by atoms with Crippen LogP contribution in [0.2, 0.25) is 0 Å². The molecular formula is C8H12F6N2. The highest BCUT2D eigenvalue weighted by molar-refractivity contribution is 4.86. The van der Waals surface area contributed by atoms with E-state index in [1.807, 2.05) is 0 Å². The number of piperazine rings is 1. The lowest BCUT2D eigenvalue weighted by molar-refractivity contribution is -0.148. The minimum absolute atomic E-state index is 0.0356. The first kappa shape index (κ1) is 13.6. The average molecular weight is 250 g/mol. The minimum atomic E-state index is -4.36. The second kappa shape index (κ2) is 4.79. The predicted molar refractivity (Wildman–Crippen MR) is 44.9 cm³/mol. The summed E-state index contributed by atoms with van der Waals surface area (Å²) in [4.78, 5) is 0. The van der Waals surface area contributed by atoms with Gasteiger partial charge in [0.05, 0.1) is 12.8 Å². The van der Waals surface area contributed by atoms with E-state index in [2.05, 4.69) is 10.6 Å². The molecule has 1 rings (SSSR count). The number of nitrogens with one attached hydrogen (secondary N) is 2. The maximum Gasteiger partial charge on any atom is 0.390 e. The van der Waals surface area contributed by atoms with Crippen molar-refractivity contribution >= 4 is 0 Å². The second-order valence-electron chi connectivity index (χ2n) is 3.86. The highest BCUT2D eigenvalue weighted by Crippen LogP contribution is 2.25. The van der Waals surface area contributed by atoms with Crippen molar-refractivity contribution in [3.05, 3.63) is 0 Å². The molecule has 8 heteroatoms. The third kappa shape index (κ3) is 5.55. The fraction of sp³-hybridized carbons (Fsp3) is 1.00. The Labute approximate surface area is 88.4 Å². The molecule has 1 fully saturated rings. The summed E-state index contributed by atoms with van der Waals surface area (Å²) >= 11 is 0. The van der Waals surface area contributed by atoms with Gasteiger partial charge in [-0.1, -0.05) is 0 Å². The molecule has 0 aromatic carbocycles. The van der Waals surface area contributed by atoms with Gasteiger partial charge in [0.15, 0.2) is 0 Å². The molecule has 2 atom stereocenters. The van der Waals surface area contributed by atoms with Crippen molar-refractivity contribution in [2.24, 2.45) is 0 Å². The van der Waals surface area contributed by atoms with Crippen LogP contribution in [0.1, 0.15) is 12.8 Å². The van der Waals surface area contributed by atoms with Gasteiger partial charge in [-0.3, -0.25) is 0 Å². The molecule has 0 spiro atoms. The number of halogens is 6. The van der Waals surface area contributed by atoms with Crippen molar-refractivity contribution in [2.45, 2.75) is 37.3 Å². The first-order chi connectivity index (χ1) is 7.16. The molecule has 0 aromatic heterocycles. The standard InChI is InChI=1S/C8H12F6N2/c9-7(10,11)1-5-3-15-4-6(16-5)2-8(12,13)14/h5-6,15-16H,1-4H2/t5-,6-/m1/s1. The van der Waals surface area contributed by atoms with E-state index in [4.69, 9.17) is 0 Å². The normalized spacial score (nSPS) is 28.1. The third-order valence-electron chi connectivity index (χ3n) is 2.21. The van der Waals surface area contributed by atoms with E-state index in [1.54, 1.807) is 0 Å². The molecule has 2 nitrogen and oxygen atoms in total. The van der Waals surface area contributed by atoms with Crippen molar-refractivity contribution in [1.29, 1.82) is 0 Å². The van der Waals surface area contributed by atoms with E-state index < -0.39 is 37.3 Å². The van der Waals surface area contributed by atoms with Crippen LogP contribution in [0.4, 0.5) is 26.3 Å². The molecule has 0 saturated carbocycles. The van der Waals surface area contributed by atoms with Gasteiger partial charge in [0.1, 0.15) is 0 Å². The van der Waals surface area contributed by atoms with Crippen LogP contribution in [0.3, 0.4) is 0 Å². The van der Waals surface area contributed by atoms with Crippen molar-refractivity contribution in [3.8, 4) is 0 Å². The molecule has 96 valence electrons. The fourth-order valence-electron chi connectivity index (χ4n) is 1.70. The SMILES string of the molecule is FC(F)(F)C[C@@H]1CNC[C@@H](CC(F)(F)F)N1. The Bertz CT molecular complexity index is 202. The summed E-state index contributed by atoms with van der Waals surface area (Å²) in [6.45, 7) is 0.0712. The van der Waals surface area contributed by atoms with E-state index in [9.17, 15) is 26.3 Å². The first-order valence-corrected chi connectivity index (χ1v) is 4.76. The van der Waals surface area contributed by atoms with Gasteiger partial charge in [0, 0.05) is 25.2 Å². The van der Waals surface area contributed by atoms with Crippen LogP contribution in [0.25, 0.3) is 0 Å². The average Bonchev–Trinajstić information content (AvgIpc) is 1.96. The molecule has 1 heterocycles. The molecule has 0 aromatic rings. The molecule has 0 radical (unpaired) electrons. The second-order valence-corrected chi connectivity index (χ2v) is 3.86. The van der Waals surface area contributed by atoms with Crippen LogP contribution in [0, 0.1) is 0 Å². The van der Waals surface area contributed by atoms with Gasteiger partial charge in [-0.25, -0.2) is 0 Å². The van der Waals surface area contributed by atoms with Gasteiger partial charge < -0.3 is 10.6 Å². The summed E-state index contributed by atoms with van der Waals surface area (Å²) in [7, 11) is 0. The van der Waals surface area contributed by atoms with E-state index in [1.165, 1.54) is 0 Å². The Kier molecular flexibility index (Phi) is 4.06. The maximum atomic E-state index is 12.0. The summed E-state index contributed by atoms with van der Waals surface area (Å²) in [5, 5.41) is 4.93. The first-order valence-electron chi connectivity index (χ1n) is 4.76. The molecule has 0 unspecified atom stereocenters. The van der Waals surface area contributed by atoms with Gasteiger partial charge in [-0.05, 0) is 0 Å². The summed E-state index contributed by atoms with van der Waals surface area (Å²) < 4.78 is 72.1. The summed E-state index contributed by atoms with van der Waals surface area (Å²) in [6, 6.07) is -1.97. The number of alkyl halides is 6. The largest absolute Gasteiger partial charge is 0.390 e. The molecule has 0 amide bonds. The Morgan fingerprint density at radius 2 is 1.19 bits per heavy atom. The molecule has 2 N–H and O–H groups in total. The highest BCUT2D eigenvalue weighted by Gasteiger charge is 2.37. The van der Waals surface area contributed by atoms with Crippen LogP contribution < -0.4 is 10.6 Å². The molecule has 1 aliphatic rings. The van der Waals surface area contributed by atoms with Crippen LogP contribution >= 0.6 is 0 Å². The van der Waals surface area contributed by atoms with Crippen molar-refractivity contribution in [1.82, 2.24) is 10.6 Å². The van der Waals surface area contributed by atoms with Gasteiger partial charge in [-0.15, -0.1) is 0 Å². The Morgan fingerprint density at radius 1 is 0.812 bits per heavy atom. The van der Waals surface area contributed by atoms with Crippen LogP contribution in [-0.2, 0) is 0 Å². The van der Waals surface area contributed by atoms with Crippen molar-refractivity contribution in [2.75, 3.05) is 13.1 Å². The smallest absolute Gasteiger partial charge is 0.314 e. The summed E-state index contributed by atoms with van der Waals surface area (Å²) in [6.07, 6.45) is -11.0. The Balaban J connectivity index is 2.41. The van der Waals surface area contributed by atoms with E-state index in [-0.39, 0.29) is 13.1 Å². The molecular weight excluding hydrogens is 238 g/mol. The van der Waals surface area contributed by atoms with Crippen molar-refractivity contribution < 1.29 is 26.3 Å². The third-order valence-corrected chi connectivity index (χ3v) is 2.21. The molecule has 1 saturated heterocycles. The monoisotopic (exact) mass is 250 g/mol. The maximum absolute atomic E-state index is 12.0. The summed E-state index contributed by atoms with van der Waals surface area (Å²) in [5.41, 5.74) is 0. The lowest BCUT2D eigenvalue weighted by atomic mass is 10.1. The summed E-state index contributed by atoms with van der Waals surface area (Å²) in [5.74, 6) is 0. The zero-order chi connectivity index (χ0) is 12.4. The molecule has 1 aliphatic heterocycles. The lowest BCUT2D eigenvalue weighted by Gasteiger charge is -2.32. The predicted octanol–water partition coefficient (Wildman–Crippen LogP) is 1.82. The highest BCUT2D eigenvalue weighted by atomic mass is 19.4. The topological polar surface area (TPSA) is 24.1 Å². The quantitative estimate of drug-likeness (QED) is 0.730. The van der Waals surface area contributed by atoms with Gasteiger partial charge in [-0.2, -0.15) is 26.3 Å². The zero-order valence-electron chi connectivity index (χ0n) is 8.25. The molecule has 16 heavy (non-hydrogen) atoms. The minimum Gasteiger partial charge on any atom is -0.314 e. The molecule has 0 aliphatic carbocycles. The van der Waals surface area contributed by atoms with Gasteiger partial charge >= 0.3 is 12.4 Å².